The van der Waals surface area contributed by atoms with Gasteiger partial charge in [0.15, 0.2) is 0 Å². The van der Waals surface area contributed by atoms with Crippen LogP contribution in [-0.4, -0.2) is 23.5 Å². The fraction of sp³-hybridized carbons (Fsp3) is 0.625. The Kier molecular flexibility index (Phi) is 4.41. The monoisotopic (exact) mass is 246 g/mol. The van der Waals surface area contributed by atoms with Gasteiger partial charge in [-0.2, -0.15) is 0 Å². The number of benzene rings is 1. The lowest BCUT2D eigenvalue weighted by Crippen LogP contribution is -2.49. The van der Waals surface area contributed by atoms with Crippen LogP contribution in [0.1, 0.15) is 50.3 Å². The van der Waals surface area contributed by atoms with Crippen molar-refractivity contribution in [2.24, 2.45) is 5.73 Å². The Bertz CT molecular complexity index is 369. The van der Waals surface area contributed by atoms with Crippen molar-refractivity contribution >= 4 is 0 Å². The Labute approximate surface area is 111 Å². The molecule has 0 amide bonds. The molecule has 100 valence electrons. The van der Waals surface area contributed by atoms with Crippen molar-refractivity contribution in [3.63, 3.8) is 0 Å². The van der Waals surface area contributed by atoms with Crippen molar-refractivity contribution in [3.05, 3.63) is 35.4 Å². The molecule has 1 heterocycles. The summed E-state index contributed by atoms with van der Waals surface area (Å²) < 4.78 is 0. The average molecular weight is 246 g/mol. The van der Waals surface area contributed by atoms with Gasteiger partial charge in [0.1, 0.15) is 0 Å². The van der Waals surface area contributed by atoms with Crippen molar-refractivity contribution in [3.8, 4) is 0 Å². The molecule has 1 aromatic rings. The smallest absolute Gasteiger partial charge is 0.0323 e. The van der Waals surface area contributed by atoms with E-state index in [9.17, 15) is 0 Å². The molecule has 3 atom stereocenters. The van der Waals surface area contributed by atoms with Crippen LogP contribution < -0.4 is 5.73 Å². The molecule has 2 N–H and O–H groups in total. The second kappa shape index (κ2) is 5.85. The molecule has 3 unspecified atom stereocenters. The summed E-state index contributed by atoms with van der Waals surface area (Å²) in [6.07, 6.45) is 3.87. The number of piperidine rings is 1. The average Bonchev–Trinajstić information content (AvgIpc) is 2.39. The molecule has 1 saturated heterocycles. The van der Waals surface area contributed by atoms with Gasteiger partial charge in [0.2, 0.25) is 0 Å². The summed E-state index contributed by atoms with van der Waals surface area (Å²) in [5.74, 6) is 0. The van der Waals surface area contributed by atoms with Crippen molar-refractivity contribution < 1.29 is 0 Å². The Balaban J connectivity index is 2.15. The second-order valence-electron chi connectivity index (χ2n) is 5.75. The van der Waals surface area contributed by atoms with E-state index in [-0.39, 0.29) is 6.04 Å². The van der Waals surface area contributed by atoms with E-state index in [0.717, 1.165) is 0 Å². The largest absolute Gasteiger partial charge is 0.327 e. The quantitative estimate of drug-likeness (QED) is 0.887. The molecule has 1 aromatic carbocycles. The van der Waals surface area contributed by atoms with Gasteiger partial charge in [-0.3, -0.25) is 4.90 Å². The summed E-state index contributed by atoms with van der Waals surface area (Å²) in [4.78, 5) is 2.60. The highest BCUT2D eigenvalue weighted by Gasteiger charge is 2.29. The molecule has 1 aliphatic rings. The Morgan fingerprint density at radius 1 is 1.17 bits per heavy atom. The summed E-state index contributed by atoms with van der Waals surface area (Å²) >= 11 is 0. The highest BCUT2D eigenvalue weighted by Crippen LogP contribution is 2.29. The first-order chi connectivity index (χ1) is 8.59. The molecule has 2 rings (SSSR count). The number of hydrogen-bond donors (Lipinski definition) is 1. The van der Waals surface area contributed by atoms with Gasteiger partial charge in [0.05, 0.1) is 0 Å². The number of rotatable bonds is 3. The molecule has 0 spiro atoms. The minimum Gasteiger partial charge on any atom is -0.327 e. The van der Waals surface area contributed by atoms with Gasteiger partial charge in [-0.05, 0) is 45.7 Å². The zero-order chi connectivity index (χ0) is 13.1. The van der Waals surface area contributed by atoms with Crippen LogP contribution in [0.5, 0.6) is 0 Å². The van der Waals surface area contributed by atoms with Crippen molar-refractivity contribution in [1.82, 2.24) is 4.90 Å². The molecule has 0 radical (unpaired) electrons. The van der Waals surface area contributed by atoms with Crippen LogP contribution in [0, 0.1) is 6.92 Å². The number of nitrogens with two attached hydrogens (primary N) is 1. The molecular weight excluding hydrogens is 220 g/mol. The summed E-state index contributed by atoms with van der Waals surface area (Å²) in [5.41, 5.74) is 8.89. The van der Waals surface area contributed by atoms with E-state index in [0.29, 0.717) is 12.1 Å². The van der Waals surface area contributed by atoms with Gasteiger partial charge < -0.3 is 5.73 Å². The van der Waals surface area contributed by atoms with Gasteiger partial charge in [-0.1, -0.05) is 36.2 Å². The number of hydrogen-bond acceptors (Lipinski definition) is 2. The summed E-state index contributed by atoms with van der Waals surface area (Å²) in [7, 11) is 0. The third kappa shape index (κ3) is 2.93. The molecule has 2 nitrogen and oxygen atoms in total. The van der Waals surface area contributed by atoms with Crippen LogP contribution >= 0.6 is 0 Å². The number of nitrogens with zero attached hydrogens (tertiary/aromatic N) is 1. The Hall–Kier alpha value is -0.860. The zero-order valence-corrected chi connectivity index (χ0v) is 11.9. The molecular formula is C16H26N2. The molecule has 1 aliphatic heterocycles. The van der Waals surface area contributed by atoms with Crippen LogP contribution in [0.25, 0.3) is 0 Å². The number of likely N-dealkylation sites (tertiary alicyclic amines) is 1. The van der Waals surface area contributed by atoms with Crippen molar-refractivity contribution in [1.29, 1.82) is 0 Å². The lowest BCUT2D eigenvalue weighted by atomic mass is 9.93. The third-order valence-corrected chi connectivity index (χ3v) is 4.26. The Morgan fingerprint density at radius 2 is 1.83 bits per heavy atom. The van der Waals surface area contributed by atoms with Crippen LogP contribution in [0.4, 0.5) is 0 Å². The van der Waals surface area contributed by atoms with E-state index in [1.807, 2.05) is 0 Å². The van der Waals surface area contributed by atoms with Crippen LogP contribution in [-0.2, 0) is 0 Å². The van der Waals surface area contributed by atoms with E-state index in [1.54, 1.807) is 0 Å². The highest BCUT2D eigenvalue weighted by atomic mass is 15.2. The molecule has 2 heteroatoms. The Morgan fingerprint density at radius 3 is 2.44 bits per heavy atom. The zero-order valence-electron chi connectivity index (χ0n) is 11.9. The SMILES string of the molecule is Cc1ccc(C(C)N2CCCCC2C(C)N)cc1. The molecule has 0 aromatic heterocycles. The predicted molar refractivity (Wildman–Crippen MR) is 77.6 cm³/mol. The van der Waals surface area contributed by atoms with Gasteiger partial charge >= 0.3 is 0 Å². The first kappa shape index (κ1) is 13.6. The van der Waals surface area contributed by atoms with Gasteiger partial charge in [-0.25, -0.2) is 0 Å². The minimum absolute atomic E-state index is 0.262. The topological polar surface area (TPSA) is 29.3 Å². The normalized spacial score (nSPS) is 24.8. The first-order valence-corrected chi connectivity index (χ1v) is 7.17. The maximum Gasteiger partial charge on any atom is 0.0323 e. The standard InChI is InChI=1S/C16H26N2/c1-12-7-9-15(10-8-12)14(3)18-11-5-4-6-16(18)13(2)17/h7-10,13-14,16H,4-6,11,17H2,1-3H3. The summed E-state index contributed by atoms with van der Waals surface area (Å²) in [6, 6.07) is 10.2. The molecule has 1 fully saturated rings. The molecule has 0 saturated carbocycles. The number of aryl methyl sites for hydroxylation is 1. The van der Waals surface area contributed by atoms with E-state index in [4.69, 9.17) is 5.73 Å². The van der Waals surface area contributed by atoms with Crippen molar-refractivity contribution in [2.45, 2.75) is 58.2 Å². The lowest BCUT2D eigenvalue weighted by Gasteiger charge is -2.42. The summed E-state index contributed by atoms with van der Waals surface area (Å²) in [5, 5.41) is 0. The van der Waals surface area contributed by atoms with E-state index in [2.05, 4.69) is 49.9 Å². The minimum atomic E-state index is 0.262. The molecule has 0 aliphatic carbocycles. The summed E-state index contributed by atoms with van der Waals surface area (Å²) in [6.45, 7) is 7.78. The van der Waals surface area contributed by atoms with Gasteiger partial charge in [-0.15, -0.1) is 0 Å². The van der Waals surface area contributed by atoms with Crippen LogP contribution in [0.2, 0.25) is 0 Å². The van der Waals surface area contributed by atoms with Crippen molar-refractivity contribution in [2.75, 3.05) is 6.54 Å². The van der Waals surface area contributed by atoms with E-state index >= 15 is 0 Å². The highest BCUT2D eigenvalue weighted by molar-refractivity contribution is 5.24. The second-order valence-corrected chi connectivity index (χ2v) is 5.75. The third-order valence-electron chi connectivity index (χ3n) is 4.26. The first-order valence-electron chi connectivity index (χ1n) is 7.17. The van der Waals surface area contributed by atoms with Crippen LogP contribution in [0.15, 0.2) is 24.3 Å². The molecule has 0 bridgehead atoms. The lowest BCUT2D eigenvalue weighted by molar-refractivity contribution is 0.0890. The van der Waals surface area contributed by atoms with E-state index in [1.165, 1.54) is 36.9 Å². The van der Waals surface area contributed by atoms with Gasteiger partial charge in [0, 0.05) is 18.1 Å². The molecule has 18 heavy (non-hydrogen) atoms. The predicted octanol–water partition coefficient (Wildman–Crippen LogP) is 3.26. The fourth-order valence-electron chi connectivity index (χ4n) is 3.06. The maximum absolute atomic E-state index is 6.16. The fourth-order valence-corrected chi connectivity index (χ4v) is 3.06. The van der Waals surface area contributed by atoms with Crippen LogP contribution in [0.3, 0.4) is 0 Å². The van der Waals surface area contributed by atoms with Gasteiger partial charge in [0.25, 0.3) is 0 Å². The maximum atomic E-state index is 6.16. The van der Waals surface area contributed by atoms with E-state index < -0.39 is 0 Å².